The van der Waals surface area contributed by atoms with Gasteiger partial charge in [0.05, 0.1) is 11.3 Å². The smallest absolute Gasteiger partial charge is 0.303 e. The highest BCUT2D eigenvalue weighted by molar-refractivity contribution is 8.07. The molecule has 0 saturated carbocycles. The van der Waals surface area contributed by atoms with Gasteiger partial charge in [0.1, 0.15) is 11.8 Å². The number of aliphatic carboxylic acids is 1. The maximum atomic E-state index is 12.3. The molecule has 0 aromatic rings. The van der Waals surface area contributed by atoms with E-state index in [1.54, 1.807) is 0 Å². The highest BCUT2D eigenvalue weighted by atomic mass is 32.2. The first-order valence-electron chi connectivity index (χ1n) is 7.78. The average molecular weight is 334 g/mol. The minimum atomic E-state index is -1.00. The zero-order valence-corrected chi connectivity index (χ0v) is 14.5. The van der Waals surface area contributed by atoms with Gasteiger partial charge in [-0.25, -0.2) is 0 Å². The van der Waals surface area contributed by atoms with Crippen LogP contribution in [-0.4, -0.2) is 16.9 Å². The summed E-state index contributed by atoms with van der Waals surface area (Å²) in [5.74, 6) is -0.739. The zero-order chi connectivity index (χ0) is 17.2. The Morgan fingerprint density at radius 2 is 2.09 bits per heavy atom. The van der Waals surface area contributed by atoms with Crippen molar-refractivity contribution in [1.29, 1.82) is 5.26 Å². The topological polar surface area (TPSA) is 90.2 Å². The lowest BCUT2D eigenvalue weighted by atomic mass is 9.73. The van der Waals surface area contributed by atoms with Gasteiger partial charge in [-0.3, -0.25) is 9.59 Å². The quantitative estimate of drug-likeness (QED) is 0.817. The van der Waals surface area contributed by atoms with E-state index in [4.69, 9.17) is 5.11 Å². The average Bonchev–Trinajstić information content (AvgIpc) is 2.49. The van der Waals surface area contributed by atoms with E-state index in [9.17, 15) is 14.9 Å². The first kappa shape index (κ1) is 17.6. The van der Waals surface area contributed by atoms with E-state index >= 15 is 0 Å². The summed E-state index contributed by atoms with van der Waals surface area (Å²) in [6.07, 6.45) is 2.56. The van der Waals surface area contributed by atoms with Gasteiger partial charge in [0.15, 0.2) is 5.78 Å². The molecule has 2 N–H and O–H groups in total. The summed E-state index contributed by atoms with van der Waals surface area (Å²) in [6.45, 7) is 6.67. The molecule has 2 rings (SSSR count). The Labute approximate surface area is 140 Å². The number of ketones is 1. The van der Waals surface area contributed by atoms with E-state index in [-0.39, 0.29) is 29.7 Å². The molecular weight excluding hydrogens is 312 g/mol. The monoisotopic (exact) mass is 334 g/mol. The van der Waals surface area contributed by atoms with Gasteiger partial charge in [0.2, 0.25) is 0 Å². The van der Waals surface area contributed by atoms with Gasteiger partial charge in [0.25, 0.3) is 0 Å². The molecule has 1 atom stereocenters. The van der Waals surface area contributed by atoms with Crippen molar-refractivity contribution >= 4 is 23.5 Å². The lowest BCUT2D eigenvalue weighted by Gasteiger charge is -2.37. The van der Waals surface area contributed by atoms with Crippen LogP contribution >= 0.6 is 11.8 Å². The van der Waals surface area contributed by atoms with Gasteiger partial charge in [-0.15, -0.1) is 0 Å². The van der Waals surface area contributed by atoms with Gasteiger partial charge in [0, 0.05) is 17.0 Å². The molecule has 0 aromatic carbocycles. The second kappa shape index (κ2) is 6.79. The normalized spacial score (nSPS) is 21.4. The predicted octanol–water partition coefficient (Wildman–Crippen LogP) is 3.55. The van der Waals surface area contributed by atoms with Crippen molar-refractivity contribution in [3.8, 4) is 6.07 Å². The molecule has 0 radical (unpaired) electrons. The summed E-state index contributed by atoms with van der Waals surface area (Å²) in [5.41, 5.74) is 1.51. The summed E-state index contributed by atoms with van der Waals surface area (Å²) in [4.78, 5) is 24.4. The number of carbonyl (C=O) groups excluding carboxylic acids is 1. The molecule has 0 aromatic heterocycles. The number of nitriles is 1. The van der Waals surface area contributed by atoms with Gasteiger partial charge in [-0.1, -0.05) is 32.5 Å². The van der Waals surface area contributed by atoms with E-state index in [2.05, 4.69) is 26.1 Å². The molecule has 6 heteroatoms. The van der Waals surface area contributed by atoms with E-state index < -0.39 is 5.97 Å². The van der Waals surface area contributed by atoms with Crippen LogP contribution in [0, 0.1) is 22.7 Å². The Bertz CT molecular complexity index is 635. The lowest BCUT2D eigenvalue weighted by molar-refractivity contribution is -0.138. The van der Waals surface area contributed by atoms with E-state index in [0.717, 1.165) is 29.9 Å². The molecule has 1 aliphatic heterocycles. The summed E-state index contributed by atoms with van der Waals surface area (Å²) in [7, 11) is 0. The van der Waals surface area contributed by atoms with Gasteiger partial charge < -0.3 is 10.4 Å². The molecule has 1 unspecified atom stereocenters. The van der Waals surface area contributed by atoms with Crippen molar-refractivity contribution in [1.82, 2.24) is 5.32 Å². The van der Waals surface area contributed by atoms with E-state index in [1.165, 1.54) is 11.8 Å². The summed E-state index contributed by atoms with van der Waals surface area (Å²) in [5, 5.41) is 21.1. The zero-order valence-electron chi connectivity index (χ0n) is 13.7. The molecule has 2 aliphatic rings. The molecule has 1 heterocycles. The Morgan fingerprint density at radius 3 is 2.65 bits per heavy atom. The predicted molar refractivity (Wildman–Crippen MR) is 89.1 cm³/mol. The van der Waals surface area contributed by atoms with Crippen molar-refractivity contribution < 1.29 is 14.7 Å². The van der Waals surface area contributed by atoms with Crippen LogP contribution in [0.25, 0.3) is 0 Å². The van der Waals surface area contributed by atoms with Crippen LogP contribution in [0.2, 0.25) is 0 Å². The number of carboxylic acids is 1. The summed E-state index contributed by atoms with van der Waals surface area (Å²) < 4.78 is 0. The number of nitrogens with one attached hydrogen (secondary N) is 1. The third-order valence-corrected chi connectivity index (χ3v) is 5.69. The summed E-state index contributed by atoms with van der Waals surface area (Å²) >= 11 is 1.36. The highest BCUT2D eigenvalue weighted by Gasteiger charge is 2.34. The van der Waals surface area contributed by atoms with Crippen molar-refractivity contribution in [3.05, 3.63) is 21.2 Å². The Morgan fingerprint density at radius 1 is 1.39 bits per heavy atom. The van der Waals surface area contributed by atoms with Gasteiger partial charge in [-0.05, 0) is 30.6 Å². The molecule has 0 spiro atoms. The molecule has 0 bridgehead atoms. The number of hydrogen-bond acceptors (Lipinski definition) is 5. The van der Waals surface area contributed by atoms with Crippen molar-refractivity contribution in [2.75, 3.05) is 0 Å². The molecular formula is C17H22N2O3S. The Kier molecular flexibility index (Phi) is 5.20. The first-order chi connectivity index (χ1) is 10.7. The second-order valence-electron chi connectivity index (χ2n) is 7.07. The molecule has 5 nitrogen and oxygen atoms in total. The van der Waals surface area contributed by atoms with Crippen LogP contribution < -0.4 is 5.32 Å². The number of allylic oxidation sites excluding steroid dienone is 4. The first-order valence-corrected chi connectivity index (χ1v) is 8.60. The maximum Gasteiger partial charge on any atom is 0.303 e. The van der Waals surface area contributed by atoms with Crippen LogP contribution in [0.4, 0.5) is 0 Å². The number of thioether (sulfide) groups is 1. The van der Waals surface area contributed by atoms with Gasteiger partial charge >= 0.3 is 5.97 Å². The van der Waals surface area contributed by atoms with Crippen molar-refractivity contribution in [2.24, 2.45) is 11.3 Å². The SMILES string of the molecule is CC(C)(C)C1CCC2=C(C1)SC(C(=O)CCC(=O)O)=C(C#N)N2. The maximum absolute atomic E-state index is 12.3. The fraction of sp³-hybridized carbons (Fsp3) is 0.588. The number of hydrogen-bond donors (Lipinski definition) is 2. The number of rotatable bonds is 4. The third kappa shape index (κ3) is 4.17. The standard InChI is InChI=1S/C17H22N2O3S/c1-17(2,3)10-4-5-11-14(8-10)23-16(12(9-18)19-11)13(20)6-7-15(21)22/h10,19H,4-8H2,1-3H3,(H,21,22). The second-order valence-corrected chi connectivity index (χ2v) is 8.17. The number of Topliss-reactive ketones (excluding diaryl/α,β-unsaturated/α-hetero) is 1. The Hall–Kier alpha value is -1.74. The lowest BCUT2D eigenvalue weighted by Crippen LogP contribution is -2.30. The minimum Gasteiger partial charge on any atom is -0.481 e. The number of nitrogens with zero attached hydrogens (tertiary/aromatic N) is 1. The van der Waals surface area contributed by atoms with Crippen LogP contribution in [0.3, 0.4) is 0 Å². The number of carboxylic acid groups (broad SMARTS) is 1. The van der Waals surface area contributed by atoms with Crippen molar-refractivity contribution in [3.63, 3.8) is 0 Å². The van der Waals surface area contributed by atoms with Crippen molar-refractivity contribution in [2.45, 2.75) is 52.9 Å². The largest absolute Gasteiger partial charge is 0.481 e. The fourth-order valence-electron chi connectivity index (χ4n) is 2.87. The fourth-order valence-corrected chi connectivity index (χ4v) is 4.09. The molecule has 0 saturated heterocycles. The minimum absolute atomic E-state index is 0.0736. The van der Waals surface area contributed by atoms with E-state index in [1.807, 2.05) is 6.07 Å². The molecule has 0 amide bonds. The molecule has 0 fully saturated rings. The summed E-state index contributed by atoms with van der Waals surface area (Å²) in [6, 6.07) is 2.04. The van der Waals surface area contributed by atoms with Crippen LogP contribution in [-0.2, 0) is 9.59 Å². The van der Waals surface area contributed by atoms with Gasteiger partial charge in [-0.2, -0.15) is 5.26 Å². The highest BCUT2D eigenvalue weighted by Crippen LogP contribution is 2.47. The van der Waals surface area contributed by atoms with E-state index in [0.29, 0.717) is 10.8 Å². The molecule has 124 valence electrons. The van der Waals surface area contributed by atoms with Crippen LogP contribution in [0.5, 0.6) is 0 Å². The number of carbonyl (C=O) groups is 2. The molecule has 1 aliphatic carbocycles. The molecule has 23 heavy (non-hydrogen) atoms. The van der Waals surface area contributed by atoms with Crippen LogP contribution in [0.1, 0.15) is 52.9 Å². The van der Waals surface area contributed by atoms with Crippen LogP contribution in [0.15, 0.2) is 21.2 Å². The Balaban J connectivity index is 2.16. The third-order valence-electron chi connectivity index (χ3n) is 4.40.